The summed E-state index contributed by atoms with van der Waals surface area (Å²) in [6.45, 7) is 0.330. The lowest BCUT2D eigenvalue weighted by molar-refractivity contribution is 0.302. The first-order chi connectivity index (χ1) is 7.25. The Kier molecular flexibility index (Phi) is 2.45. The first kappa shape index (κ1) is 9.39. The van der Waals surface area contributed by atoms with E-state index >= 15 is 0 Å². The Morgan fingerprint density at radius 1 is 1.33 bits per heavy atom. The maximum Gasteiger partial charge on any atom is 0.148 e. The average molecular weight is 205 g/mol. The summed E-state index contributed by atoms with van der Waals surface area (Å²) in [5.74, 6) is 1.32. The molecule has 0 amide bonds. The summed E-state index contributed by atoms with van der Waals surface area (Å²) in [7, 11) is 0. The number of phenols is 1. The van der Waals surface area contributed by atoms with E-state index in [0.717, 1.165) is 5.69 Å². The predicted octanol–water partition coefficient (Wildman–Crippen LogP) is 1.28. The number of nitrogen functional groups attached to an aromatic ring is 1. The lowest BCUT2D eigenvalue weighted by atomic mass is 10.3. The van der Waals surface area contributed by atoms with Gasteiger partial charge in [-0.1, -0.05) is 0 Å². The molecule has 0 saturated carbocycles. The molecular formula is C10H11N3O2. The molecule has 78 valence electrons. The number of nitrogens with one attached hydrogen (secondary N) is 1. The number of nitrogens with zero attached hydrogens (tertiary/aromatic N) is 1. The van der Waals surface area contributed by atoms with Crippen LogP contribution >= 0.6 is 0 Å². The highest BCUT2D eigenvalue weighted by Crippen LogP contribution is 2.17. The third-order valence-electron chi connectivity index (χ3n) is 1.97. The van der Waals surface area contributed by atoms with Gasteiger partial charge in [0.05, 0.1) is 12.0 Å². The van der Waals surface area contributed by atoms with Gasteiger partial charge in [-0.3, -0.25) is 0 Å². The van der Waals surface area contributed by atoms with Gasteiger partial charge in [-0.2, -0.15) is 0 Å². The molecule has 0 unspecified atom stereocenters. The molecule has 0 spiro atoms. The fraction of sp³-hybridized carbons (Fsp3) is 0.100. The van der Waals surface area contributed by atoms with Crippen LogP contribution in [0.15, 0.2) is 30.6 Å². The normalized spacial score (nSPS) is 10.1. The van der Waals surface area contributed by atoms with E-state index in [-0.39, 0.29) is 5.75 Å². The third-order valence-corrected chi connectivity index (χ3v) is 1.97. The average Bonchev–Trinajstić information content (AvgIpc) is 2.63. The second kappa shape index (κ2) is 3.91. The number of aromatic nitrogens is 2. The number of anilines is 1. The zero-order chi connectivity index (χ0) is 10.7. The van der Waals surface area contributed by atoms with E-state index in [4.69, 9.17) is 15.6 Å². The van der Waals surface area contributed by atoms with Gasteiger partial charge in [0.1, 0.15) is 23.9 Å². The Hall–Kier alpha value is -2.17. The van der Waals surface area contributed by atoms with Crippen LogP contribution in [-0.4, -0.2) is 15.1 Å². The van der Waals surface area contributed by atoms with Gasteiger partial charge in [0.15, 0.2) is 0 Å². The number of aromatic amines is 1. The largest absolute Gasteiger partial charge is 0.508 e. The summed E-state index contributed by atoms with van der Waals surface area (Å²) in [6.07, 6.45) is 1.52. The van der Waals surface area contributed by atoms with Crippen LogP contribution in [0.2, 0.25) is 0 Å². The number of phenolic OH excluding ortho intramolecular Hbond substituents is 1. The van der Waals surface area contributed by atoms with Crippen LogP contribution < -0.4 is 10.5 Å². The Morgan fingerprint density at radius 3 is 2.67 bits per heavy atom. The number of ether oxygens (including phenoxy) is 1. The van der Waals surface area contributed by atoms with Gasteiger partial charge in [0.25, 0.3) is 0 Å². The van der Waals surface area contributed by atoms with Gasteiger partial charge in [0.2, 0.25) is 0 Å². The highest BCUT2D eigenvalue weighted by atomic mass is 16.5. The number of hydrogen-bond donors (Lipinski definition) is 3. The maximum atomic E-state index is 9.06. The van der Waals surface area contributed by atoms with Crippen LogP contribution in [0, 0.1) is 0 Å². The minimum Gasteiger partial charge on any atom is -0.508 e. The van der Waals surface area contributed by atoms with Crippen LogP contribution in [0.4, 0.5) is 5.82 Å². The molecule has 0 saturated heterocycles. The first-order valence-electron chi connectivity index (χ1n) is 4.45. The van der Waals surface area contributed by atoms with Crippen LogP contribution in [-0.2, 0) is 6.61 Å². The molecule has 0 fully saturated rings. The fourth-order valence-corrected chi connectivity index (χ4v) is 1.15. The van der Waals surface area contributed by atoms with E-state index < -0.39 is 0 Å². The molecule has 0 atom stereocenters. The van der Waals surface area contributed by atoms with Crippen molar-refractivity contribution >= 4 is 5.82 Å². The highest BCUT2D eigenvalue weighted by molar-refractivity contribution is 5.34. The lowest BCUT2D eigenvalue weighted by Crippen LogP contribution is -1.99. The SMILES string of the molecule is Nc1nc[nH]c1COc1ccc(O)cc1. The molecule has 0 bridgehead atoms. The van der Waals surface area contributed by atoms with Crippen molar-refractivity contribution in [3.8, 4) is 11.5 Å². The predicted molar refractivity (Wildman–Crippen MR) is 55.4 cm³/mol. The van der Waals surface area contributed by atoms with Crippen molar-refractivity contribution < 1.29 is 9.84 Å². The van der Waals surface area contributed by atoms with Crippen molar-refractivity contribution in [3.63, 3.8) is 0 Å². The van der Waals surface area contributed by atoms with Gasteiger partial charge in [0, 0.05) is 0 Å². The van der Waals surface area contributed by atoms with Crippen molar-refractivity contribution in [2.45, 2.75) is 6.61 Å². The maximum absolute atomic E-state index is 9.06. The summed E-state index contributed by atoms with van der Waals surface area (Å²) in [6, 6.07) is 6.49. The molecule has 4 N–H and O–H groups in total. The summed E-state index contributed by atoms with van der Waals surface area (Å²) >= 11 is 0. The van der Waals surface area contributed by atoms with Gasteiger partial charge in [-0.15, -0.1) is 0 Å². The Morgan fingerprint density at radius 2 is 2.07 bits per heavy atom. The van der Waals surface area contributed by atoms with Gasteiger partial charge < -0.3 is 20.6 Å². The zero-order valence-electron chi connectivity index (χ0n) is 7.97. The summed E-state index contributed by atoms with van der Waals surface area (Å²) in [5, 5.41) is 9.06. The number of rotatable bonds is 3. The number of benzene rings is 1. The van der Waals surface area contributed by atoms with Gasteiger partial charge in [-0.05, 0) is 24.3 Å². The molecule has 0 aliphatic rings. The Bertz CT molecular complexity index is 436. The summed E-state index contributed by atoms with van der Waals surface area (Å²) in [5.41, 5.74) is 6.31. The van der Waals surface area contributed by atoms with E-state index in [0.29, 0.717) is 18.2 Å². The van der Waals surface area contributed by atoms with E-state index in [1.54, 1.807) is 24.3 Å². The van der Waals surface area contributed by atoms with Crippen molar-refractivity contribution in [2.75, 3.05) is 5.73 Å². The number of imidazole rings is 1. The monoisotopic (exact) mass is 205 g/mol. The number of aromatic hydroxyl groups is 1. The molecule has 5 nitrogen and oxygen atoms in total. The van der Waals surface area contributed by atoms with E-state index in [9.17, 15) is 0 Å². The van der Waals surface area contributed by atoms with Crippen molar-refractivity contribution in [2.24, 2.45) is 0 Å². The smallest absolute Gasteiger partial charge is 0.148 e. The molecule has 5 heteroatoms. The van der Waals surface area contributed by atoms with E-state index in [1.807, 2.05) is 0 Å². The van der Waals surface area contributed by atoms with Crippen LogP contribution in [0.1, 0.15) is 5.69 Å². The second-order valence-corrected chi connectivity index (χ2v) is 3.05. The van der Waals surface area contributed by atoms with Crippen LogP contribution in [0.5, 0.6) is 11.5 Å². The minimum atomic E-state index is 0.211. The fourth-order valence-electron chi connectivity index (χ4n) is 1.15. The van der Waals surface area contributed by atoms with Crippen molar-refractivity contribution in [3.05, 3.63) is 36.3 Å². The van der Waals surface area contributed by atoms with Gasteiger partial charge >= 0.3 is 0 Å². The van der Waals surface area contributed by atoms with Crippen LogP contribution in [0.25, 0.3) is 0 Å². The van der Waals surface area contributed by atoms with Crippen molar-refractivity contribution in [1.29, 1.82) is 0 Å². The van der Waals surface area contributed by atoms with E-state index in [2.05, 4.69) is 9.97 Å². The second-order valence-electron chi connectivity index (χ2n) is 3.05. The zero-order valence-corrected chi connectivity index (χ0v) is 7.97. The third kappa shape index (κ3) is 2.19. The number of hydrogen-bond acceptors (Lipinski definition) is 4. The Balaban J connectivity index is 1.99. The minimum absolute atomic E-state index is 0.211. The first-order valence-corrected chi connectivity index (χ1v) is 4.45. The topological polar surface area (TPSA) is 84.2 Å². The standard InChI is InChI=1S/C10H11N3O2/c11-10-9(12-6-13-10)5-15-8-3-1-7(14)2-4-8/h1-4,6,14H,5,11H2,(H,12,13). The molecule has 0 aliphatic carbocycles. The molecule has 15 heavy (non-hydrogen) atoms. The molecule has 0 radical (unpaired) electrons. The molecule has 1 aromatic carbocycles. The molecule has 2 aromatic rings. The molecule has 1 aromatic heterocycles. The molecular weight excluding hydrogens is 194 g/mol. The number of H-pyrrole nitrogens is 1. The lowest BCUT2D eigenvalue weighted by Gasteiger charge is -2.04. The van der Waals surface area contributed by atoms with Crippen molar-refractivity contribution in [1.82, 2.24) is 9.97 Å². The highest BCUT2D eigenvalue weighted by Gasteiger charge is 2.02. The quantitative estimate of drug-likeness (QED) is 0.704. The Labute approximate surface area is 86.5 Å². The van der Waals surface area contributed by atoms with Crippen LogP contribution in [0.3, 0.4) is 0 Å². The summed E-state index contributed by atoms with van der Waals surface area (Å²) in [4.78, 5) is 6.72. The van der Waals surface area contributed by atoms with Gasteiger partial charge in [-0.25, -0.2) is 4.98 Å². The van der Waals surface area contributed by atoms with E-state index in [1.165, 1.54) is 6.33 Å². The molecule has 0 aliphatic heterocycles. The molecule has 2 rings (SSSR count). The summed E-state index contributed by atoms with van der Waals surface area (Å²) < 4.78 is 5.42. The molecule has 1 heterocycles. The number of nitrogens with two attached hydrogens (primary N) is 1.